The fourth-order valence-corrected chi connectivity index (χ4v) is 8.61. The molecule has 0 bridgehead atoms. The molecule has 0 saturated heterocycles. The van der Waals surface area contributed by atoms with E-state index in [4.69, 9.17) is 10.2 Å². The fraction of sp³-hybridized carbons (Fsp3) is 0.0566. The molecule has 284 valence electrons. The minimum absolute atomic E-state index is 0.822. The quantitative estimate of drug-likeness (QED) is 0.172. The zero-order valence-corrected chi connectivity index (χ0v) is 33.7. The van der Waals surface area contributed by atoms with E-state index >= 15 is 0 Å². The lowest BCUT2D eigenvalue weighted by atomic mass is 9.99. The molecule has 3 heterocycles. The number of nitrogens with zero attached hydrogens (tertiary/aromatic N) is 1. The number of thiophene rings is 1. The Morgan fingerprint density at radius 2 is 1.12 bits per heavy atom. The van der Waals surface area contributed by atoms with Crippen LogP contribution in [0, 0.1) is 13.8 Å². The molecule has 10 aromatic rings. The minimum Gasteiger partial charge on any atom is -0.455 e. The Bertz CT molecular complexity index is 2980. The van der Waals surface area contributed by atoms with E-state index in [1.165, 1.54) is 55.2 Å². The van der Waals surface area contributed by atoms with E-state index in [1.807, 2.05) is 72.0 Å². The van der Waals surface area contributed by atoms with Crippen LogP contribution in [0.25, 0.3) is 65.4 Å². The number of anilines is 4. The van der Waals surface area contributed by atoms with Crippen LogP contribution in [0.4, 0.5) is 22.7 Å². The molecule has 2 aromatic heterocycles. The van der Waals surface area contributed by atoms with Gasteiger partial charge in [-0.05, 0) is 104 Å². The van der Waals surface area contributed by atoms with Crippen molar-refractivity contribution in [3.8, 4) is 11.1 Å². The van der Waals surface area contributed by atoms with E-state index < -0.39 is 0 Å². The van der Waals surface area contributed by atoms with Crippen molar-refractivity contribution in [2.45, 2.75) is 13.8 Å². The molecule has 58 heavy (non-hydrogen) atoms. The molecular formula is C53H45N3OS. The van der Waals surface area contributed by atoms with Crippen molar-refractivity contribution in [2.24, 2.45) is 5.73 Å². The van der Waals surface area contributed by atoms with E-state index in [-0.39, 0.29) is 0 Å². The second-order valence-corrected chi connectivity index (χ2v) is 15.2. The highest BCUT2D eigenvalue weighted by molar-refractivity contribution is 7.25. The summed E-state index contributed by atoms with van der Waals surface area (Å²) in [6, 6.07) is 63.6. The maximum atomic E-state index is 6.40. The highest BCUT2D eigenvalue weighted by Crippen LogP contribution is 2.47. The molecule has 0 amide bonds. The Morgan fingerprint density at radius 1 is 0.483 bits per heavy atom. The van der Waals surface area contributed by atoms with Crippen molar-refractivity contribution < 1.29 is 4.42 Å². The number of fused-ring (bicyclic) bond motifs is 8. The van der Waals surface area contributed by atoms with E-state index in [0.717, 1.165) is 50.1 Å². The van der Waals surface area contributed by atoms with Crippen LogP contribution in [0.15, 0.2) is 186 Å². The second-order valence-electron chi connectivity index (χ2n) is 14.1. The largest absolute Gasteiger partial charge is 0.455 e. The van der Waals surface area contributed by atoms with E-state index in [2.05, 4.69) is 158 Å². The number of rotatable bonds is 2. The summed E-state index contributed by atoms with van der Waals surface area (Å²) in [5.74, 6) is 0. The number of hydrogen-bond donors (Lipinski definition) is 2. The van der Waals surface area contributed by atoms with Crippen LogP contribution in [-0.4, -0.2) is 7.05 Å². The van der Waals surface area contributed by atoms with E-state index in [9.17, 15) is 0 Å². The molecule has 0 saturated carbocycles. The molecule has 1 aliphatic heterocycles. The Morgan fingerprint density at radius 3 is 1.83 bits per heavy atom. The van der Waals surface area contributed by atoms with Crippen LogP contribution in [0.3, 0.4) is 0 Å². The van der Waals surface area contributed by atoms with Gasteiger partial charge in [0.1, 0.15) is 11.2 Å². The van der Waals surface area contributed by atoms with Crippen LogP contribution in [0.5, 0.6) is 0 Å². The van der Waals surface area contributed by atoms with Crippen molar-refractivity contribution in [3.05, 3.63) is 204 Å². The Balaban J connectivity index is 0.000000247. The van der Waals surface area contributed by atoms with Gasteiger partial charge < -0.3 is 20.8 Å². The molecular weight excluding hydrogens is 727 g/mol. The summed E-state index contributed by atoms with van der Waals surface area (Å²) in [7, 11) is 1.50. The van der Waals surface area contributed by atoms with Crippen molar-refractivity contribution >= 4 is 88.3 Å². The van der Waals surface area contributed by atoms with Crippen LogP contribution in [-0.2, 0) is 0 Å². The lowest BCUT2D eigenvalue weighted by molar-refractivity contribution is 0.670. The van der Waals surface area contributed by atoms with Gasteiger partial charge in [-0.25, -0.2) is 0 Å². The number of nitrogens with two attached hydrogens (primary N) is 2. The van der Waals surface area contributed by atoms with Gasteiger partial charge in [0.2, 0.25) is 0 Å². The van der Waals surface area contributed by atoms with Gasteiger partial charge in [-0.2, -0.15) is 0 Å². The number of furan rings is 1. The molecule has 0 spiro atoms. The van der Waals surface area contributed by atoms with Crippen LogP contribution < -0.4 is 16.4 Å². The lowest BCUT2D eigenvalue weighted by Gasteiger charge is -2.28. The first-order valence-corrected chi connectivity index (χ1v) is 20.3. The SMILES string of the molecule is CN.Cc1cccc(N2c3ccc(-c4cccc5c4oc4ccccc45)cc3C=Cc3cc4sc5ccccc5c4cc32)c1.Cc1ccccc1.Nc1ccccc1. The Labute approximate surface area is 343 Å². The van der Waals surface area contributed by atoms with Crippen molar-refractivity contribution in [3.63, 3.8) is 0 Å². The number of aryl methyl sites for hydroxylation is 2. The topological polar surface area (TPSA) is 68.4 Å². The average molecular weight is 772 g/mol. The van der Waals surface area contributed by atoms with Gasteiger partial charge in [0.15, 0.2) is 0 Å². The maximum absolute atomic E-state index is 6.40. The summed E-state index contributed by atoms with van der Waals surface area (Å²) < 4.78 is 9.04. The second kappa shape index (κ2) is 17.1. The normalized spacial score (nSPS) is 11.4. The first-order chi connectivity index (χ1) is 28.5. The molecule has 1 aliphatic rings. The van der Waals surface area contributed by atoms with Gasteiger partial charge in [-0.15, -0.1) is 11.3 Å². The maximum Gasteiger partial charge on any atom is 0.143 e. The van der Waals surface area contributed by atoms with Crippen molar-refractivity contribution in [2.75, 3.05) is 17.7 Å². The van der Waals surface area contributed by atoms with Gasteiger partial charge in [-0.3, -0.25) is 0 Å². The monoisotopic (exact) mass is 771 g/mol. The lowest BCUT2D eigenvalue weighted by Crippen LogP contribution is -2.12. The first-order valence-electron chi connectivity index (χ1n) is 19.4. The van der Waals surface area contributed by atoms with Crippen LogP contribution in [0.1, 0.15) is 22.3 Å². The molecule has 11 rings (SSSR count). The standard InChI is InChI=1S/C39H25NOS.C7H8.C6H7N.CH5N/c1-24-8-6-9-28(20-24)40-34-19-18-25(29-12-7-13-32-30-10-2-4-14-36(30)41-39(29)32)21-26(34)16-17-27-22-38-33(23-35(27)40)31-11-3-5-15-37(31)42-38;1-7-5-3-2-4-6-7;7-6-4-2-1-3-5-6;1-2/h2-23H,1H3;2-6H,1H3;1-5H,7H2;2H2,1H3. The summed E-state index contributed by atoms with van der Waals surface area (Å²) in [4.78, 5) is 2.43. The molecule has 4 N–H and O–H groups in total. The van der Waals surface area contributed by atoms with Crippen LogP contribution >= 0.6 is 11.3 Å². The molecule has 0 radical (unpaired) electrons. The van der Waals surface area contributed by atoms with Gasteiger partial charge in [0.05, 0.1) is 11.4 Å². The summed E-state index contributed by atoms with van der Waals surface area (Å²) in [6.07, 6.45) is 4.55. The molecule has 4 nitrogen and oxygen atoms in total. The Hall–Kier alpha value is -6.92. The zero-order valence-electron chi connectivity index (χ0n) is 32.9. The zero-order chi connectivity index (χ0) is 40.0. The first kappa shape index (κ1) is 38.0. The number of benzene rings is 8. The van der Waals surface area contributed by atoms with Crippen molar-refractivity contribution in [1.29, 1.82) is 0 Å². The van der Waals surface area contributed by atoms with Crippen LogP contribution in [0.2, 0.25) is 0 Å². The highest BCUT2D eigenvalue weighted by atomic mass is 32.1. The average Bonchev–Trinajstić information content (AvgIpc) is 3.78. The fourth-order valence-electron chi connectivity index (χ4n) is 7.48. The van der Waals surface area contributed by atoms with E-state index in [0.29, 0.717) is 0 Å². The molecule has 0 aliphatic carbocycles. The van der Waals surface area contributed by atoms with Gasteiger partial charge in [-0.1, -0.05) is 139 Å². The summed E-state index contributed by atoms with van der Waals surface area (Å²) >= 11 is 1.86. The summed E-state index contributed by atoms with van der Waals surface area (Å²) in [6.45, 7) is 4.24. The number of para-hydroxylation sites is 3. The van der Waals surface area contributed by atoms with Gasteiger partial charge in [0, 0.05) is 47.9 Å². The smallest absolute Gasteiger partial charge is 0.143 e. The molecule has 0 fully saturated rings. The summed E-state index contributed by atoms with van der Waals surface area (Å²) in [5.41, 5.74) is 23.2. The highest BCUT2D eigenvalue weighted by Gasteiger charge is 2.23. The van der Waals surface area contributed by atoms with Gasteiger partial charge in [0.25, 0.3) is 0 Å². The number of nitrogen functional groups attached to an aromatic ring is 1. The Kier molecular flexibility index (Phi) is 11.2. The third-order valence-corrected chi connectivity index (χ3v) is 11.3. The molecule has 8 aromatic carbocycles. The third-order valence-electron chi connectivity index (χ3n) is 10.2. The van der Waals surface area contributed by atoms with Gasteiger partial charge >= 0.3 is 0 Å². The van der Waals surface area contributed by atoms with E-state index in [1.54, 1.807) is 0 Å². The molecule has 0 atom stereocenters. The van der Waals surface area contributed by atoms with Crippen molar-refractivity contribution in [1.82, 2.24) is 0 Å². The predicted octanol–water partition coefficient (Wildman–Crippen LogP) is 14.7. The third kappa shape index (κ3) is 7.74. The number of hydrogen-bond acceptors (Lipinski definition) is 5. The molecule has 0 unspecified atom stereocenters. The summed E-state index contributed by atoms with van der Waals surface area (Å²) in [5, 5.41) is 4.91. The minimum atomic E-state index is 0.822. The molecule has 5 heteroatoms. The predicted molar refractivity (Wildman–Crippen MR) is 253 cm³/mol.